The summed E-state index contributed by atoms with van der Waals surface area (Å²) in [4.78, 5) is 17.2. The molecule has 0 saturated heterocycles. The first-order valence-electron chi connectivity index (χ1n) is 8.38. The minimum atomic E-state index is -0.244. The van der Waals surface area contributed by atoms with E-state index in [9.17, 15) is 4.79 Å². The summed E-state index contributed by atoms with van der Waals surface area (Å²) in [5.74, 6) is 1.50. The number of hydrogen-bond acceptors (Lipinski definition) is 4. The Morgan fingerprint density at radius 2 is 2.04 bits per heavy atom. The number of halogens is 1. The lowest BCUT2D eigenvalue weighted by molar-refractivity contribution is 0.0919. The molecule has 1 amide bonds. The van der Waals surface area contributed by atoms with Gasteiger partial charge in [-0.25, -0.2) is 4.98 Å². The molecule has 1 atom stereocenters. The Morgan fingerprint density at radius 1 is 1.23 bits per heavy atom. The molecule has 5 nitrogen and oxygen atoms in total. The normalized spacial score (nSPS) is 15.8. The predicted molar refractivity (Wildman–Crippen MR) is 101 cm³/mol. The van der Waals surface area contributed by atoms with Crippen LogP contribution in [0.4, 0.5) is 0 Å². The molecule has 1 aliphatic heterocycles. The fourth-order valence-electron chi connectivity index (χ4n) is 3.05. The van der Waals surface area contributed by atoms with Gasteiger partial charge in [0.25, 0.3) is 5.91 Å². The zero-order chi connectivity index (χ0) is 18.1. The highest BCUT2D eigenvalue weighted by molar-refractivity contribution is 9.10. The van der Waals surface area contributed by atoms with E-state index in [1.165, 1.54) is 0 Å². The largest absolute Gasteiger partial charge is 0.493 e. The molecule has 3 aromatic rings. The van der Waals surface area contributed by atoms with Crippen LogP contribution >= 0.6 is 15.9 Å². The molecule has 1 aromatic heterocycles. The fraction of sp³-hybridized carbons (Fsp3) is 0.200. The third-order valence-electron chi connectivity index (χ3n) is 4.35. The summed E-state index contributed by atoms with van der Waals surface area (Å²) in [6, 6.07) is 15.2. The van der Waals surface area contributed by atoms with E-state index in [2.05, 4.69) is 26.2 Å². The molecular weight excluding hydrogens is 396 g/mol. The van der Waals surface area contributed by atoms with Crippen LogP contribution in [0.1, 0.15) is 34.3 Å². The lowest BCUT2D eigenvalue weighted by Crippen LogP contribution is -2.32. The lowest BCUT2D eigenvalue weighted by atomic mass is 10.0. The van der Waals surface area contributed by atoms with Gasteiger partial charge in [-0.3, -0.25) is 4.79 Å². The Bertz CT molecular complexity index is 953. The molecule has 4 rings (SSSR count). The summed E-state index contributed by atoms with van der Waals surface area (Å²) in [5, 5.41) is 3.06. The topological polar surface area (TPSA) is 64.4 Å². The van der Waals surface area contributed by atoms with Crippen LogP contribution in [0.2, 0.25) is 0 Å². The quantitative estimate of drug-likeness (QED) is 0.678. The summed E-state index contributed by atoms with van der Waals surface area (Å²) in [7, 11) is 0. The first-order chi connectivity index (χ1) is 12.6. The highest BCUT2D eigenvalue weighted by atomic mass is 79.9. The highest BCUT2D eigenvalue weighted by Crippen LogP contribution is 2.34. The number of fused-ring (bicyclic) bond motifs is 1. The van der Waals surface area contributed by atoms with Gasteiger partial charge in [0.05, 0.1) is 12.6 Å². The number of oxazole rings is 1. The maximum Gasteiger partial charge on any atom is 0.274 e. The third kappa shape index (κ3) is 3.24. The number of nitrogens with one attached hydrogen (secondary N) is 1. The van der Waals surface area contributed by atoms with Crippen LogP contribution in [0.5, 0.6) is 5.75 Å². The van der Waals surface area contributed by atoms with Crippen LogP contribution in [-0.2, 0) is 0 Å². The van der Waals surface area contributed by atoms with Gasteiger partial charge in [0.15, 0.2) is 5.69 Å². The second-order valence-electron chi connectivity index (χ2n) is 6.14. The molecular formula is C20H17BrN2O3. The van der Waals surface area contributed by atoms with E-state index in [0.29, 0.717) is 30.4 Å². The van der Waals surface area contributed by atoms with Crippen LogP contribution in [0.15, 0.2) is 57.4 Å². The number of carbonyl (C=O) groups excluding carboxylic acids is 1. The molecule has 2 aromatic carbocycles. The standard InChI is InChI=1S/C20H17BrN2O3/c1-12-18(23-20(26-12)13-5-3-2-4-6-13)19(24)22-16-9-10-25-17-8-7-14(21)11-15(16)17/h2-8,11,16H,9-10H2,1H3,(H,22,24). The second kappa shape index (κ2) is 6.96. The molecule has 0 spiro atoms. The summed E-state index contributed by atoms with van der Waals surface area (Å²) >= 11 is 3.47. The van der Waals surface area contributed by atoms with E-state index in [4.69, 9.17) is 9.15 Å². The van der Waals surface area contributed by atoms with Gasteiger partial charge in [0, 0.05) is 22.0 Å². The van der Waals surface area contributed by atoms with Gasteiger partial charge < -0.3 is 14.5 Å². The van der Waals surface area contributed by atoms with Gasteiger partial charge in [0.2, 0.25) is 5.89 Å². The molecule has 0 fully saturated rings. The van der Waals surface area contributed by atoms with Crippen molar-refractivity contribution in [3.8, 4) is 17.2 Å². The van der Waals surface area contributed by atoms with Crippen molar-refractivity contribution < 1.29 is 13.9 Å². The number of rotatable bonds is 3. The van der Waals surface area contributed by atoms with E-state index in [0.717, 1.165) is 21.3 Å². The zero-order valence-corrected chi connectivity index (χ0v) is 15.7. The van der Waals surface area contributed by atoms with E-state index in [1.54, 1.807) is 6.92 Å². The van der Waals surface area contributed by atoms with Gasteiger partial charge in [-0.1, -0.05) is 34.1 Å². The molecule has 0 aliphatic carbocycles. The number of aromatic nitrogens is 1. The van der Waals surface area contributed by atoms with Gasteiger partial charge in [-0.15, -0.1) is 0 Å². The number of nitrogens with zero attached hydrogens (tertiary/aromatic N) is 1. The van der Waals surface area contributed by atoms with Crippen LogP contribution in [0.25, 0.3) is 11.5 Å². The molecule has 1 aliphatic rings. The highest BCUT2D eigenvalue weighted by Gasteiger charge is 2.26. The molecule has 132 valence electrons. The average Bonchev–Trinajstić information content (AvgIpc) is 3.05. The summed E-state index contributed by atoms with van der Waals surface area (Å²) in [5.41, 5.74) is 2.12. The Balaban J connectivity index is 1.59. The van der Waals surface area contributed by atoms with Crippen LogP contribution in [-0.4, -0.2) is 17.5 Å². The molecule has 0 saturated carbocycles. The SMILES string of the molecule is Cc1oc(-c2ccccc2)nc1C(=O)NC1CCOc2ccc(Br)cc21. The summed E-state index contributed by atoms with van der Waals surface area (Å²) in [6.07, 6.45) is 0.706. The first kappa shape index (κ1) is 16.8. The summed E-state index contributed by atoms with van der Waals surface area (Å²) < 4.78 is 12.3. The zero-order valence-electron chi connectivity index (χ0n) is 14.2. The van der Waals surface area contributed by atoms with Crippen molar-refractivity contribution in [2.24, 2.45) is 0 Å². The number of ether oxygens (including phenoxy) is 1. The number of hydrogen-bond donors (Lipinski definition) is 1. The Morgan fingerprint density at radius 3 is 2.85 bits per heavy atom. The van der Waals surface area contributed by atoms with E-state index in [-0.39, 0.29) is 11.9 Å². The van der Waals surface area contributed by atoms with E-state index in [1.807, 2.05) is 48.5 Å². The minimum absolute atomic E-state index is 0.125. The molecule has 0 bridgehead atoms. The van der Waals surface area contributed by atoms with E-state index >= 15 is 0 Å². The summed E-state index contributed by atoms with van der Waals surface area (Å²) in [6.45, 7) is 2.31. The molecule has 26 heavy (non-hydrogen) atoms. The van der Waals surface area contributed by atoms with Crippen molar-refractivity contribution in [2.45, 2.75) is 19.4 Å². The maximum atomic E-state index is 12.8. The van der Waals surface area contributed by atoms with E-state index < -0.39 is 0 Å². The molecule has 6 heteroatoms. The lowest BCUT2D eigenvalue weighted by Gasteiger charge is -2.26. The Kier molecular flexibility index (Phi) is 4.51. The van der Waals surface area contributed by atoms with Crippen molar-refractivity contribution in [1.82, 2.24) is 10.3 Å². The van der Waals surface area contributed by atoms with Crippen molar-refractivity contribution in [2.75, 3.05) is 6.61 Å². The Hall–Kier alpha value is -2.60. The smallest absolute Gasteiger partial charge is 0.274 e. The fourth-order valence-corrected chi connectivity index (χ4v) is 3.43. The second-order valence-corrected chi connectivity index (χ2v) is 7.05. The molecule has 1 N–H and O–H groups in total. The minimum Gasteiger partial charge on any atom is -0.493 e. The molecule has 1 unspecified atom stereocenters. The number of amides is 1. The predicted octanol–water partition coefficient (Wildman–Crippen LogP) is 4.67. The van der Waals surface area contributed by atoms with Crippen LogP contribution in [0, 0.1) is 6.92 Å². The number of carbonyl (C=O) groups is 1. The van der Waals surface area contributed by atoms with Gasteiger partial charge in [-0.05, 0) is 37.3 Å². The third-order valence-corrected chi connectivity index (χ3v) is 4.84. The van der Waals surface area contributed by atoms with Crippen molar-refractivity contribution in [3.05, 3.63) is 70.0 Å². The van der Waals surface area contributed by atoms with Crippen LogP contribution < -0.4 is 10.1 Å². The monoisotopic (exact) mass is 412 g/mol. The first-order valence-corrected chi connectivity index (χ1v) is 9.17. The Labute approximate surface area is 159 Å². The maximum absolute atomic E-state index is 12.8. The van der Waals surface area contributed by atoms with Crippen molar-refractivity contribution >= 4 is 21.8 Å². The van der Waals surface area contributed by atoms with Crippen LogP contribution in [0.3, 0.4) is 0 Å². The van der Waals surface area contributed by atoms with Gasteiger partial charge >= 0.3 is 0 Å². The number of aryl methyl sites for hydroxylation is 1. The van der Waals surface area contributed by atoms with Gasteiger partial charge in [0.1, 0.15) is 11.5 Å². The van der Waals surface area contributed by atoms with Gasteiger partial charge in [-0.2, -0.15) is 0 Å². The average molecular weight is 413 g/mol. The van der Waals surface area contributed by atoms with Crippen molar-refractivity contribution in [3.63, 3.8) is 0 Å². The molecule has 2 heterocycles. The number of benzene rings is 2. The van der Waals surface area contributed by atoms with Crippen molar-refractivity contribution in [1.29, 1.82) is 0 Å². The molecule has 0 radical (unpaired) electrons.